The van der Waals surface area contributed by atoms with Crippen LogP contribution in [0, 0.1) is 0 Å². The summed E-state index contributed by atoms with van der Waals surface area (Å²) < 4.78 is 5.69. The Morgan fingerprint density at radius 3 is 2.93 bits per heavy atom. The van der Waals surface area contributed by atoms with Crippen LogP contribution in [-0.4, -0.2) is 21.9 Å². The summed E-state index contributed by atoms with van der Waals surface area (Å²) in [5.74, 6) is 0.671. The highest BCUT2D eigenvalue weighted by atomic mass is 16.3. The second kappa shape index (κ2) is 6.35. The van der Waals surface area contributed by atoms with Crippen molar-refractivity contribution in [3.8, 4) is 0 Å². The van der Waals surface area contributed by atoms with Crippen LogP contribution in [0.4, 0.5) is 0 Å². The number of hydrogen-bond donors (Lipinski definition) is 1. The average Bonchev–Trinajstić information content (AvgIpc) is 3.07. The molecule has 0 saturated carbocycles. The van der Waals surface area contributed by atoms with Gasteiger partial charge >= 0.3 is 0 Å². The molecule has 1 unspecified atom stereocenters. The number of hydrogen-bond acceptors (Lipinski definition) is 4. The summed E-state index contributed by atoms with van der Waals surface area (Å²) in [5, 5.41) is 0.880. The molecule has 4 aromatic rings. The molecule has 0 aliphatic heterocycles. The molecule has 136 valence electrons. The molecule has 0 amide bonds. The van der Waals surface area contributed by atoms with Crippen molar-refractivity contribution in [3.63, 3.8) is 0 Å². The van der Waals surface area contributed by atoms with Gasteiger partial charge in [-0.15, -0.1) is 0 Å². The van der Waals surface area contributed by atoms with Crippen LogP contribution < -0.4 is 5.56 Å². The van der Waals surface area contributed by atoms with Gasteiger partial charge in [0.25, 0.3) is 5.56 Å². The van der Waals surface area contributed by atoms with E-state index >= 15 is 0 Å². The summed E-state index contributed by atoms with van der Waals surface area (Å²) in [6.45, 7) is 0.587. The number of H-pyrrole nitrogens is 1. The lowest BCUT2D eigenvalue weighted by Crippen LogP contribution is -2.29. The topological polar surface area (TPSA) is 62.1 Å². The quantitative estimate of drug-likeness (QED) is 0.596. The van der Waals surface area contributed by atoms with Gasteiger partial charge in [-0.05, 0) is 49.6 Å². The first-order chi connectivity index (χ1) is 13.2. The lowest BCUT2D eigenvalue weighted by molar-refractivity contribution is 0.208. The molecule has 0 radical (unpaired) electrons. The maximum Gasteiger partial charge on any atom is 0.294 e. The van der Waals surface area contributed by atoms with Crippen LogP contribution in [0.15, 0.2) is 57.7 Å². The van der Waals surface area contributed by atoms with Crippen molar-refractivity contribution in [1.29, 1.82) is 0 Å². The normalized spacial score (nSPS) is 16.9. The van der Waals surface area contributed by atoms with Gasteiger partial charge in [-0.25, -0.2) is 4.98 Å². The van der Waals surface area contributed by atoms with E-state index in [1.165, 1.54) is 17.5 Å². The number of furan rings is 1. The standard InChI is InChI=1S/C22H21N3O2/c1-25(17-11-6-8-14-7-2-3-9-15(14)17)13-19-23-20-16-10-4-5-12-18(16)27-21(20)22(26)24-19/h2-5,7,9-10,12,17H,6,8,11,13H2,1H3,(H,23,24,26). The van der Waals surface area contributed by atoms with Crippen molar-refractivity contribution < 1.29 is 4.42 Å². The highest BCUT2D eigenvalue weighted by Crippen LogP contribution is 2.34. The summed E-state index contributed by atoms with van der Waals surface area (Å²) in [7, 11) is 2.10. The summed E-state index contributed by atoms with van der Waals surface area (Å²) in [4.78, 5) is 22.4. The molecule has 0 spiro atoms. The molecular weight excluding hydrogens is 338 g/mol. The van der Waals surface area contributed by atoms with Gasteiger partial charge in [-0.1, -0.05) is 36.4 Å². The number of para-hydroxylation sites is 1. The number of benzene rings is 2. The molecule has 0 bridgehead atoms. The summed E-state index contributed by atoms with van der Waals surface area (Å²) in [6.07, 6.45) is 3.44. The summed E-state index contributed by atoms with van der Waals surface area (Å²) in [6, 6.07) is 16.6. The number of nitrogens with zero attached hydrogens (tertiary/aromatic N) is 2. The molecule has 5 heteroatoms. The fraction of sp³-hybridized carbons (Fsp3) is 0.273. The van der Waals surface area contributed by atoms with Gasteiger partial charge in [0, 0.05) is 11.4 Å². The number of aryl methyl sites for hydroxylation is 1. The minimum atomic E-state index is -0.219. The van der Waals surface area contributed by atoms with Crippen LogP contribution in [0.25, 0.3) is 22.1 Å². The predicted molar refractivity (Wildman–Crippen MR) is 106 cm³/mol. The van der Waals surface area contributed by atoms with E-state index in [2.05, 4.69) is 41.2 Å². The zero-order chi connectivity index (χ0) is 18.4. The smallest absolute Gasteiger partial charge is 0.294 e. The monoisotopic (exact) mass is 359 g/mol. The first-order valence-electron chi connectivity index (χ1n) is 9.39. The maximum atomic E-state index is 12.5. The average molecular weight is 359 g/mol. The van der Waals surface area contributed by atoms with Crippen molar-refractivity contribution in [2.75, 3.05) is 7.05 Å². The van der Waals surface area contributed by atoms with Crippen LogP contribution in [0.2, 0.25) is 0 Å². The predicted octanol–water partition coefficient (Wildman–Crippen LogP) is 4.18. The van der Waals surface area contributed by atoms with E-state index in [4.69, 9.17) is 9.40 Å². The first-order valence-corrected chi connectivity index (χ1v) is 9.39. The first kappa shape index (κ1) is 16.3. The van der Waals surface area contributed by atoms with E-state index in [-0.39, 0.29) is 5.56 Å². The van der Waals surface area contributed by atoms with E-state index in [9.17, 15) is 4.79 Å². The van der Waals surface area contributed by atoms with Crippen molar-refractivity contribution in [2.45, 2.75) is 31.8 Å². The van der Waals surface area contributed by atoms with Gasteiger partial charge in [-0.2, -0.15) is 0 Å². The van der Waals surface area contributed by atoms with Gasteiger partial charge in [0.1, 0.15) is 16.9 Å². The third kappa shape index (κ3) is 2.75. The van der Waals surface area contributed by atoms with E-state index in [0.717, 1.165) is 18.2 Å². The minimum absolute atomic E-state index is 0.219. The molecule has 1 aliphatic rings. The summed E-state index contributed by atoms with van der Waals surface area (Å²) in [5.41, 5.74) is 4.23. The molecule has 5 rings (SSSR count). The number of aromatic nitrogens is 2. The Balaban J connectivity index is 1.51. The molecule has 1 N–H and O–H groups in total. The number of fused-ring (bicyclic) bond motifs is 4. The molecule has 27 heavy (non-hydrogen) atoms. The molecular formula is C22H21N3O2. The number of nitrogens with one attached hydrogen (secondary N) is 1. The Morgan fingerprint density at radius 2 is 2.00 bits per heavy atom. The number of aromatic amines is 1. The SMILES string of the molecule is CN(Cc1nc2c(oc3ccccc32)c(=O)[nH]1)C1CCCc2ccccc21. The van der Waals surface area contributed by atoms with Crippen LogP contribution in [0.3, 0.4) is 0 Å². The zero-order valence-corrected chi connectivity index (χ0v) is 15.2. The van der Waals surface area contributed by atoms with Crippen molar-refractivity contribution in [3.05, 3.63) is 75.8 Å². The Bertz CT molecular complexity index is 1190. The van der Waals surface area contributed by atoms with Crippen LogP contribution in [-0.2, 0) is 13.0 Å². The summed E-state index contributed by atoms with van der Waals surface area (Å²) >= 11 is 0. The second-order valence-electron chi connectivity index (χ2n) is 7.31. The highest BCUT2D eigenvalue weighted by Gasteiger charge is 2.24. The third-order valence-electron chi connectivity index (χ3n) is 5.55. The lowest BCUT2D eigenvalue weighted by Gasteiger charge is -2.33. The van der Waals surface area contributed by atoms with E-state index in [0.29, 0.717) is 35.1 Å². The maximum absolute atomic E-state index is 12.5. The second-order valence-corrected chi connectivity index (χ2v) is 7.31. The van der Waals surface area contributed by atoms with Crippen molar-refractivity contribution >= 4 is 22.1 Å². The zero-order valence-electron chi connectivity index (χ0n) is 15.2. The Labute approximate surface area is 156 Å². The van der Waals surface area contributed by atoms with Crippen LogP contribution in [0.5, 0.6) is 0 Å². The van der Waals surface area contributed by atoms with E-state index < -0.39 is 0 Å². The van der Waals surface area contributed by atoms with Crippen LogP contribution in [0.1, 0.15) is 35.8 Å². The van der Waals surface area contributed by atoms with E-state index in [1.54, 1.807) is 0 Å². The third-order valence-corrected chi connectivity index (χ3v) is 5.55. The minimum Gasteiger partial charge on any atom is -0.449 e. The molecule has 0 fully saturated rings. The van der Waals surface area contributed by atoms with E-state index in [1.807, 2.05) is 24.3 Å². The van der Waals surface area contributed by atoms with Gasteiger partial charge < -0.3 is 9.40 Å². The fourth-order valence-electron chi connectivity index (χ4n) is 4.25. The Morgan fingerprint density at radius 1 is 1.19 bits per heavy atom. The molecule has 5 nitrogen and oxygen atoms in total. The Kier molecular flexibility index (Phi) is 3.83. The molecule has 1 atom stereocenters. The Hall–Kier alpha value is -2.92. The lowest BCUT2D eigenvalue weighted by atomic mass is 9.87. The highest BCUT2D eigenvalue weighted by molar-refractivity contribution is 6.01. The van der Waals surface area contributed by atoms with Gasteiger partial charge in [0.2, 0.25) is 5.58 Å². The molecule has 0 saturated heterocycles. The molecule has 2 aromatic carbocycles. The molecule has 2 aromatic heterocycles. The van der Waals surface area contributed by atoms with Crippen molar-refractivity contribution in [2.24, 2.45) is 0 Å². The van der Waals surface area contributed by atoms with Crippen molar-refractivity contribution in [1.82, 2.24) is 14.9 Å². The van der Waals surface area contributed by atoms with Gasteiger partial charge in [0.05, 0.1) is 6.54 Å². The number of rotatable bonds is 3. The van der Waals surface area contributed by atoms with Gasteiger partial charge in [0.15, 0.2) is 0 Å². The largest absolute Gasteiger partial charge is 0.449 e. The fourth-order valence-corrected chi connectivity index (χ4v) is 4.25. The molecule has 2 heterocycles. The van der Waals surface area contributed by atoms with Gasteiger partial charge in [-0.3, -0.25) is 9.69 Å². The van der Waals surface area contributed by atoms with Crippen LogP contribution >= 0.6 is 0 Å². The molecule has 1 aliphatic carbocycles.